The molecule has 0 bridgehead atoms. The number of benzene rings is 2. The second-order valence-electron chi connectivity index (χ2n) is 6.80. The monoisotopic (exact) mass is 383 g/mol. The molecule has 0 aliphatic carbocycles. The summed E-state index contributed by atoms with van der Waals surface area (Å²) in [6, 6.07) is 20.2. The zero-order valence-electron chi connectivity index (χ0n) is 15.2. The molecule has 0 radical (unpaired) electrons. The van der Waals surface area contributed by atoms with E-state index >= 15 is 0 Å². The van der Waals surface area contributed by atoms with Gasteiger partial charge in [0.25, 0.3) is 0 Å². The number of thiophene rings is 1. The molecular weight excluding hydrogens is 366 g/mol. The van der Waals surface area contributed by atoms with Gasteiger partial charge in [-0.05, 0) is 48.9 Å². The summed E-state index contributed by atoms with van der Waals surface area (Å²) in [6.45, 7) is 2.06. The van der Waals surface area contributed by atoms with E-state index in [-0.39, 0.29) is 0 Å². The molecule has 3 heterocycles. The fourth-order valence-corrected chi connectivity index (χ4v) is 4.51. The Labute approximate surface area is 165 Å². The number of rotatable bonds is 4. The van der Waals surface area contributed by atoms with Gasteiger partial charge >= 0.3 is 0 Å². The SMILES string of the molecule is Cc1cc2cc(Nc3ccnc4cc(-c5ccc(C=O)cc5)sc34)ccc2[nH]1. The van der Waals surface area contributed by atoms with Gasteiger partial charge in [0.15, 0.2) is 0 Å². The van der Waals surface area contributed by atoms with Crippen LogP contribution in [0.4, 0.5) is 11.4 Å². The van der Waals surface area contributed by atoms with Crippen LogP contribution >= 0.6 is 11.3 Å². The Morgan fingerprint density at radius 2 is 1.89 bits per heavy atom. The van der Waals surface area contributed by atoms with Crippen LogP contribution < -0.4 is 5.32 Å². The van der Waals surface area contributed by atoms with E-state index in [2.05, 4.69) is 52.5 Å². The first-order valence-corrected chi connectivity index (χ1v) is 9.82. The van der Waals surface area contributed by atoms with Crippen molar-refractivity contribution >= 4 is 50.1 Å². The molecular formula is C23H17N3OS. The van der Waals surface area contributed by atoms with Crippen LogP contribution in [0.1, 0.15) is 16.1 Å². The van der Waals surface area contributed by atoms with Crippen molar-refractivity contribution in [3.05, 3.63) is 78.1 Å². The van der Waals surface area contributed by atoms with Gasteiger partial charge in [0.2, 0.25) is 0 Å². The number of aromatic nitrogens is 2. The lowest BCUT2D eigenvalue weighted by Crippen LogP contribution is -1.90. The molecule has 0 amide bonds. The van der Waals surface area contributed by atoms with E-state index in [9.17, 15) is 4.79 Å². The maximum atomic E-state index is 10.9. The van der Waals surface area contributed by atoms with Gasteiger partial charge in [-0.3, -0.25) is 9.78 Å². The summed E-state index contributed by atoms with van der Waals surface area (Å²) in [5, 5.41) is 4.73. The van der Waals surface area contributed by atoms with Crippen molar-refractivity contribution in [1.82, 2.24) is 9.97 Å². The Kier molecular flexibility index (Phi) is 3.95. The molecule has 5 heteroatoms. The highest BCUT2D eigenvalue weighted by Gasteiger charge is 2.10. The molecule has 5 aromatic rings. The summed E-state index contributed by atoms with van der Waals surface area (Å²) < 4.78 is 1.11. The Morgan fingerprint density at radius 3 is 2.71 bits per heavy atom. The second-order valence-corrected chi connectivity index (χ2v) is 7.85. The minimum atomic E-state index is 0.681. The summed E-state index contributed by atoms with van der Waals surface area (Å²) in [5.41, 5.74) is 7.11. The summed E-state index contributed by atoms with van der Waals surface area (Å²) in [7, 11) is 0. The quantitative estimate of drug-likeness (QED) is 0.358. The van der Waals surface area contributed by atoms with Crippen molar-refractivity contribution < 1.29 is 4.79 Å². The molecule has 2 aromatic carbocycles. The van der Waals surface area contributed by atoms with Crippen LogP contribution in [0, 0.1) is 6.92 Å². The number of aryl methyl sites for hydroxylation is 1. The number of nitrogens with one attached hydrogen (secondary N) is 2. The van der Waals surface area contributed by atoms with Crippen LogP contribution in [0.5, 0.6) is 0 Å². The largest absolute Gasteiger partial charge is 0.359 e. The summed E-state index contributed by atoms with van der Waals surface area (Å²) in [6.07, 6.45) is 2.69. The topological polar surface area (TPSA) is 57.8 Å². The number of aldehydes is 1. The molecule has 0 saturated carbocycles. The van der Waals surface area contributed by atoms with E-state index in [4.69, 9.17) is 0 Å². The van der Waals surface area contributed by atoms with E-state index in [0.29, 0.717) is 5.56 Å². The van der Waals surface area contributed by atoms with Crippen molar-refractivity contribution in [2.75, 3.05) is 5.32 Å². The number of fused-ring (bicyclic) bond motifs is 2. The fraction of sp³-hybridized carbons (Fsp3) is 0.0435. The maximum absolute atomic E-state index is 10.9. The van der Waals surface area contributed by atoms with Crippen LogP contribution in [0.2, 0.25) is 0 Å². The standard InChI is InChI=1S/C23H17N3OS/c1-14-10-17-11-18(6-7-19(17)25-14)26-20-8-9-24-21-12-22(28-23(20)21)16-4-2-15(13-27)3-5-16/h2-13,25H,1H3,(H,24,26). The van der Waals surface area contributed by atoms with Crippen molar-refractivity contribution in [1.29, 1.82) is 0 Å². The van der Waals surface area contributed by atoms with Gasteiger partial charge in [-0.15, -0.1) is 11.3 Å². The number of carbonyl (C=O) groups is 1. The van der Waals surface area contributed by atoms with Crippen LogP contribution in [-0.2, 0) is 0 Å². The lowest BCUT2D eigenvalue weighted by molar-refractivity contribution is 0.112. The number of hydrogen-bond acceptors (Lipinski definition) is 4. The predicted molar refractivity (Wildman–Crippen MR) is 117 cm³/mol. The Hall–Kier alpha value is -3.44. The minimum Gasteiger partial charge on any atom is -0.359 e. The summed E-state index contributed by atoms with van der Waals surface area (Å²) in [5.74, 6) is 0. The molecule has 0 aliphatic rings. The van der Waals surface area contributed by atoms with Gasteiger partial charge in [-0.25, -0.2) is 0 Å². The first-order chi connectivity index (χ1) is 13.7. The highest BCUT2D eigenvalue weighted by atomic mass is 32.1. The molecule has 3 aromatic heterocycles. The Morgan fingerprint density at radius 1 is 1.04 bits per heavy atom. The Balaban J connectivity index is 1.53. The van der Waals surface area contributed by atoms with Crippen LogP contribution in [0.3, 0.4) is 0 Å². The van der Waals surface area contributed by atoms with Crippen molar-refractivity contribution in [2.24, 2.45) is 0 Å². The molecule has 28 heavy (non-hydrogen) atoms. The number of aromatic amines is 1. The van der Waals surface area contributed by atoms with Gasteiger partial charge in [-0.1, -0.05) is 24.3 Å². The van der Waals surface area contributed by atoms with E-state index in [1.54, 1.807) is 11.3 Å². The minimum absolute atomic E-state index is 0.681. The number of H-pyrrole nitrogens is 1. The van der Waals surface area contributed by atoms with Crippen molar-refractivity contribution in [3.8, 4) is 10.4 Å². The highest BCUT2D eigenvalue weighted by Crippen LogP contribution is 2.37. The number of pyridine rings is 1. The molecule has 0 spiro atoms. The van der Waals surface area contributed by atoms with Gasteiger partial charge in [-0.2, -0.15) is 0 Å². The molecule has 5 rings (SSSR count). The Bertz CT molecular complexity index is 1320. The first-order valence-electron chi connectivity index (χ1n) is 9.00. The first kappa shape index (κ1) is 16.7. The molecule has 0 aliphatic heterocycles. The third-order valence-electron chi connectivity index (χ3n) is 4.78. The highest BCUT2D eigenvalue weighted by molar-refractivity contribution is 7.22. The van der Waals surface area contributed by atoms with E-state index in [0.717, 1.165) is 49.5 Å². The lowest BCUT2D eigenvalue weighted by Gasteiger charge is -2.07. The van der Waals surface area contributed by atoms with Crippen molar-refractivity contribution in [3.63, 3.8) is 0 Å². The maximum Gasteiger partial charge on any atom is 0.150 e. The van der Waals surface area contributed by atoms with Crippen LogP contribution in [-0.4, -0.2) is 16.3 Å². The summed E-state index contributed by atoms with van der Waals surface area (Å²) in [4.78, 5) is 19.9. The number of hydrogen-bond donors (Lipinski definition) is 2. The lowest BCUT2D eigenvalue weighted by atomic mass is 10.1. The average molecular weight is 383 g/mol. The van der Waals surface area contributed by atoms with Gasteiger partial charge in [0.05, 0.1) is 15.9 Å². The molecule has 136 valence electrons. The smallest absolute Gasteiger partial charge is 0.150 e. The number of carbonyl (C=O) groups excluding carboxylic acids is 1. The zero-order chi connectivity index (χ0) is 19.1. The molecule has 0 fully saturated rings. The normalized spacial score (nSPS) is 11.2. The molecule has 0 atom stereocenters. The van der Waals surface area contributed by atoms with Crippen LogP contribution in [0.15, 0.2) is 66.9 Å². The molecule has 0 unspecified atom stereocenters. The van der Waals surface area contributed by atoms with E-state index < -0.39 is 0 Å². The molecule has 4 nitrogen and oxygen atoms in total. The number of anilines is 2. The zero-order valence-corrected chi connectivity index (χ0v) is 16.0. The van der Waals surface area contributed by atoms with Gasteiger partial charge in [0, 0.05) is 38.9 Å². The average Bonchev–Trinajstić information content (AvgIpc) is 3.31. The summed E-state index contributed by atoms with van der Waals surface area (Å²) >= 11 is 1.70. The fourth-order valence-electron chi connectivity index (χ4n) is 3.42. The second kappa shape index (κ2) is 6.62. The van der Waals surface area contributed by atoms with Crippen LogP contribution in [0.25, 0.3) is 31.6 Å². The van der Waals surface area contributed by atoms with Gasteiger partial charge < -0.3 is 10.3 Å². The third-order valence-corrected chi connectivity index (χ3v) is 5.98. The molecule has 0 saturated heterocycles. The predicted octanol–water partition coefficient (Wildman–Crippen LogP) is 6.31. The number of nitrogens with zero attached hydrogens (tertiary/aromatic N) is 1. The van der Waals surface area contributed by atoms with Crippen molar-refractivity contribution in [2.45, 2.75) is 6.92 Å². The van der Waals surface area contributed by atoms with Gasteiger partial charge in [0.1, 0.15) is 6.29 Å². The third kappa shape index (κ3) is 2.96. The molecule has 2 N–H and O–H groups in total. The van der Waals surface area contributed by atoms with E-state index in [1.807, 2.05) is 36.5 Å². The van der Waals surface area contributed by atoms with E-state index in [1.165, 1.54) is 5.39 Å².